The molecule has 2 aromatic carbocycles. The van der Waals surface area contributed by atoms with E-state index in [4.69, 9.17) is 10.00 Å². The molecule has 1 N–H and O–H groups in total. The smallest absolute Gasteiger partial charge is 0.261 e. The van der Waals surface area contributed by atoms with Crippen LogP contribution in [-0.2, 0) is 10.0 Å². The van der Waals surface area contributed by atoms with Gasteiger partial charge in [-0.15, -0.1) is 0 Å². The van der Waals surface area contributed by atoms with Gasteiger partial charge in [-0.1, -0.05) is 0 Å². The molecule has 5 nitrogen and oxygen atoms in total. The number of anilines is 1. The molecule has 0 saturated carbocycles. The molecule has 0 fully saturated rings. The lowest BCUT2D eigenvalue weighted by atomic mass is 10.2. The number of methoxy groups -OCH3 is 1. The third-order valence-electron chi connectivity index (χ3n) is 2.71. The molecule has 0 spiro atoms. The van der Waals surface area contributed by atoms with E-state index in [1.807, 2.05) is 6.07 Å². The van der Waals surface area contributed by atoms with Gasteiger partial charge in [-0.3, -0.25) is 4.72 Å². The summed E-state index contributed by atoms with van der Waals surface area (Å²) in [6.07, 6.45) is 0. The predicted octanol–water partition coefficient (Wildman–Crippen LogP) is 3.13. The number of sulfonamides is 1. The van der Waals surface area contributed by atoms with Crippen LogP contribution in [0.15, 0.2) is 51.8 Å². The second kappa shape index (κ2) is 6.16. The molecule has 0 aliphatic heterocycles. The fraction of sp³-hybridized carbons (Fsp3) is 0.0714. The zero-order chi connectivity index (χ0) is 15.5. The van der Waals surface area contributed by atoms with Gasteiger partial charge in [0, 0.05) is 10.2 Å². The van der Waals surface area contributed by atoms with Crippen LogP contribution in [0.4, 0.5) is 5.69 Å². The minimum absolute atomic E-state index is 0.0260. The van der Waals surface area contributed by atoms with Crippen molar-refractivity contribution in [1.29, 1.82) is 5.26 Å². The van der Waals surface area contributed by atoms with Gasteiger partial charge in [0.05, 0.1) is 17.6 Å². The van der Waals surface area contributed by atoms with E-state index in [-0.39, 0.29) is 10.5 Å². The predicted molar refractivity (Wildman–Crippen MR) is 82.7 cm³/mol. The van der Waals surface area contributed by atoms with E-state index in [0.717, 1.165) is 0 Å². The Morgan fingerprint density at radius 2 is 1.86 bits per heavy atom. The summed E-state index contributed by atoms with van der Waals surface area (Å²) in [5.74, 6) is 0.633. The summed E-state index contributed by atoms with van der Waals surface area (Å²) >= 11 is 3.19. The number of nitrogens with one attached hydrogen (secondary N) is 1. The molecule has 108 valence electrons. The van der Waals surface area contributed by atoms with Crippen molar-refractivity contribution in [2.45, 2.75) is 4.90 Å². The average molecular weight is 367 g/mol. The van der Waals surface area contributed by atoms with E-state index in [2.05, 4.69) is 20.7 Å². The van der Waals surface area contributed by atoms with Gasteiger partial charge in [0.15, 0.2) is 0 Å². The Labute approximate surface area is 131 Å². The summed E-state index contributed by atoms with van der Waals surface area (Å²) in [6, 6.07) is 12.7. The SMILES string of the molecule is COc1ccc(NS(=O)(=O)c2ccc(Br)c(C#N)c2)cc1. The van der Waals surface area contributed by atoms with Crippen LogP contribution in [0.5, 0.6) is 5.75 Å². The van der Waals surface area contributed by atoms with Crippen LogP contribution in [0.3, 0.4) is 0 Å². The average Bonchev–Trinajstić information content (AvgIpc) is 2.48. The molecular weight excluding hydrogens is 356 g/mol. The van der Waals surface area contributed by atoms with Crippen molar-refractivity contribution in [3.63, 3.8) is 0 Å². The first-order chi connectivity index (χ1) is 9.96. The third kappa shape index (κ3) is 3.54. The standard InChI is InChI=1S/C14H11BrN2O3S/c1-20-12-4-2-11(3-5-12)17-21(18,19)13-6-7-14(15)10(8-13)9-16/h2-8,17H,1H3. The lowest BCUT2D eigenvalue weighted by Crippen LogP contribution is -2.13. The van der Waals surface area contributed by atoms with E-state index >= 15 is 0 Å². The maximum absolute atomic E-state index is 12.3. The molecule has 0 heterocycles. The second-order valence-electron chi connectivity index (χ2n) is 4.09. The number of halogens is 1. The zero-order valence-electron chi connectivity index (χ0n) is 11.0. The van der Waals surface area contributed by atoms with Gasteiger partial charge in [0.25, 0.3) is 10.0 Å². The van der Waals surface area contributed by atoms with Crippen molar-refractivity contribution >= 4 is 31.6 Å². The maximum atomic E-state index is 12.3. The monoisotopic (exact) mass is 366 g/mol. The number of nitriles is 1. The molecule has 0 aromatic heterocycles. The number of benzene rings is 2. The maximum Gasteiger partial charge on any atom is 0.261 e. The molecule has 0 unspecified atom stereocenters. The van der Waals surface area contributed by atoms with Gasteiger partial charge < -0.3 is 4.74 Å². The van der Waals surface area contributed by atoms with E-state index in [1.54, 1.807) is 24.3 Å². The number of ether oxygens (including phenoxy) is 1. The normalized spacial score (nSPS) is 10.7. The highest BCUT2D eigenvalue weighted by Gasteiger charge is 2.16. The molecule has 21 heavy (non-hydrogen) atoms. The number of rotatable bonds is 4. The van der Waals surface area contributed by atoms with Crippen molar-refractivity contribution in [3.8, 4) is 11.8 Å². The van der Waals surface area contributed by atoms with E-state index in [0.29, 0.717) is 15.9 Å². The van der Waals surface area contributed by atoms with E-state index in [9.17, 15) is 8.42 Å². The molecule has 0 amide bonds. The van der Waals surface area contributed by atoms with Gasteiger partial charge in [-0.25, -0.2) is 8.42 Å². The molecule has 0 atom stereocenters. The highest BCUT2D eigenvalue weighted by Crippen LogP contribution is 2.23. The quantitative estimate of drug-likeness (QED) is 0.901. The highest BCUT2D eigenvalue weighted by atomic mass is 79.9. The van der Waals surface area contributed by atoms with Crippen LogP contribution in [-0.4, -0.2) is 15.5 Å². The van der Waals surface area contributed by atoms with Crippen molar-refractivity contribution < 1.29 is 13.2 Å². The lowest BCUT2D eigenvalue weighted by Gasteiger charge is -2.09. The Bertz CT molecular complexity index is 796. The van der Waals surface area contributed by atoms with Gasteiger partial charge in [-0.05, 0) is 58.4 Å². The molecule has 0 bridgehead atoms. The summed E-state index contributed by atoms with van der Waals surface area (Å²) < 4.78 is 32.5. The fourth-order valence-corrected chi connectivity index (χ4v) is 3.05. The first-order valence-electron chi connectivity index (χ1n) is 5.83. The molecule has 0 radical (unpaired) electrons. The Hall–Kier alpha value is -2.04. The van der Waals surface area contributed by atoms with Gasteiger partial charge in [0.2, 0.25) is 0 Å². The summed E-state index contributed by atoms with van der Waals surface area (Å²) in [7, 11) is -2.21. The molecule has 0 saturated heterocycles. The number of hydrogen-bond acceptors (Lipinski definition) is 4. The Kier molecular flexibility index (Phi) is 4.50. The molecular formula is C14H11BrN2O3S. The van der Waals surface area contributed by atoms with Crippen molar-refractivity contribution in [3.05, 3.63) is 52.5 Å². The Balaban J connectivity index is 2.31. The minimum atomic E-state index is -3.75. The van der Waals surface area contributed by atoms with Crippen LogP contribution in [0.25, 0.3) is 0 Å². The summed E-state index contributed by atoms with van der Waals surface area (Å²) in [6.45, 7) is 0. The van der Waals surface area contributed by atoms with E-state index < -0.39 is 10.0 Å². The topological polar surface area (TPSA) is 79.2 Å². The molecule has 2 rings (SSSR count). The van der Waals surface area contributed by atoms with Gasteiger partial charge >= 0.3 is 0 Å². The van der Waals surface area contributed by atoms with Crippen molar-refractivity contribution in [1.82, 2.24) is 0 Å². The van der Waals surface area contributed by atoms with Crippen LogP contribution < -0.4 is 9.46 Å². The molecule has 0 aliphatic rings. The van der Waals surface area contributed by atoms with Crippen LogP contribution in [0.2, 0.25) is 0 Å². The number of hydrogen-bond donors (Lipinski definition) is 1. The second-order valence-corrected chi connectivity index (χ2v) is 6.62. The molecule has 2 aromatic rings. The lowest BCUT2D eigenvalue weighted by molar-refractivity contribution is 0.415. The van der Waals surface area contributed by atoms with Crippen molar-refractivity contribution in [2.75, 3.05) is 11.8 Å². The number of nitrogens with zero attached hydrogens (tertiary/aromatic N) is 1. The molecule has 0 aliphatic carbocycles. The van der Waals surface area contributed by atoms with Gasteiger partial charge in [-0.2, -0.15) is 5.26 Å². The van der Waals surface area contributed by atoms with Crippen molar-refractivity contribution in [2.24, 2.45) is 0 Å². The third-order valence-corrected chi connectivity index (χ3v) is 4.78. The first-order valence-corrected chi connectivity index (χ1v) is 8.10. The fourth-order valence-electron chi connectivity index (χ4n) is 1.63. The highest BCUT2D eigenvalue weighted by molar-refractivity contribution is 9.10. The van der Waals surface area contributed by atoms with Crippen LogP contribution in [0.1, 0.15) is 5.56 Å². The minimum Gasteiger partial charge on any atom is -0.497 e. The van der Waals surface area contributed by atoms with E-state index in [1.165, 1.54) is 25.3 Å². The van der Waals surface area contributed by atoms with Gasteiger partial charge in [0.1, 0.15) is 11.8 Å². The summed E-state index contributed by atoms with van der Waals surface area (Å²) in [5.41, 5.74) is 0.671. The van der Waals surface area contributed by atoms with Crippen LogP contribution >= 0.6 is 15.9 Å². The summed E-state index contributed by atoms with van der Waals surface area (Å²) in [5, 5.41) is 8.95. The van der Waals surface area contributed by atoms with Crippen LogP contribution in [0, 0.1) is 11.3 Å². The Morgan fingerprint density at radius 1 is 1.19 bits per heavy atom. The summed E-state index contributed by atoms with van der Waals surface area (Å²) in [4.78, 5) is 0.0260. The largest absolute Gasteiger partial charge is 0.497 e. The zero-order valence-corrected chi connectivity index (χ0v) is 13.4. The Morgan fingerprint density at radius 3 is 2.43 bits per heavy atom. The molecule has 7 heteroatoms. The first kappa shape index (κ1) is 15.4.